The third kappa shape index (κ3) is 25.2. The van der Waals surface area contributed by atoms with Gasteiger partial charge in [0.05, 0.1) is 42.4 Å². The molecule has 3 heterocycles. The van der Waals surface area contributed by atoms with E-state index in [1.165, 1.54) is 26.0 Å². The average molecular weight is 1590 g/mol. The molecule has 0 saturated carbocycles. The standard InChI is InChI=1S/C27H29ClF2N2O5.C24H22ClF2NO3S.C22H21ClF2N2O3.C4H8F2O.ClH/c1-16-6-11-22-21(12-16)20(17(2)32(22)24(34)18-7-9-19(28)10-8-18)13-23(33)36-15-27(29,30)14-31-25(35)37-26(3,4)5;1-15-4-9-21-20(12-15)19(13-22(29)31-14-24(26,27)10-3-11-32)16(2)28(21)23(30)17-5-7-18(25)8-6-17;1-13-3-8-19-18(9-13)17(10-20(28)30-12-22(24,25)11-26)14(2)27(19)21(29)15-4-6-16(23)7-5-15;1-2-4(5,6)3-7;/h6-12H,13-15H2,1-5H3,(H,31,35);4-9,11-12H,3,10,13-14H2,1-2H3;3-9H,10-12,26H2,1-2H3;7H,2-3H2,1H3;1H. The Morgan fingerprint density at radius 1 is 0.495 bits per heavy atom. The summed E-state index contributed by atoms with van der Waals surface area (Å²) in [6.07, 6.45) is -2.47. The Labute approximate surface area is 639 Å². The lowest BCUT2D eigenvalue weighted by Gasteiger charge is -2.21. The summed E-state index contributed by atoms with van der Waals surface area (Å²) in [6, 6.07) is 35.9. The van der Waals surface area contributed by atoms with E-state index in [9.17, 15) is 68.7 Å². The molecule has 576 valence electrons. The van der Waals surface area contributed by atoms with Crippen molar-refractivity contribution in [3.63, 3.8) is 0 Å². The number of aliphatic hydroxyl groups excluding tert-OH is 1. The van der Waals surface area contributed by atoms with Crippen LogP contribution in [-0.2, 0) is 52.6 Å². The van der Waals surface area contributed by atoms with Gasteiger partial charge in [0, 0.05) is 77.8 Å². The SMILES string of the molecule is CCC(F)(F)CO.Cc1ccc2c(c1)c(CC(=O)OCC(F)(F)CCC=S)c(C)n2C(=O)c1ccc(Cl)cc1.Cc1ccc2c(c1)c(CC(=O)OCC(F)(F)CNC(=O)OC(C)(C)C)c(C)n2C(=O)c1ccc(Cl)cc1.Cc1ccc2c(c1)c(CC(=O)OCC(F)(F)C[NH3+])c(C)n2C(=O)c1ccc(Cl)cc1.[Cl-]. The summed E-state index contributed by atoms with van der Waals surface area (Å²) in [5.74, 6) is -16.0. The first kappa shape index (κ1) is 88.9. The van der Waals surface area contributed by atoms with E-state index >= 15 is 0 Å². The highest BCUT2D eigenvalue weighted by Gasteiger charge is 2.36. The highest BCUT2D eigenvalue weighted by atomic mass is 35.5. The smallest absolute Gasteiger partial charge is 0.407 e. The summed E-state index contributed by atoms with van der Waals surface area (Å²) in [5.41, 5.74) is 11.4. The molecule has 0 bridgehead atoms. The van der Waals surface area contributed by atoms with Crippen LogP contribution in [0, 0.1) is 41.5 Å². The molecule has 0 spiro atoms. The number of nitrogens with one attached hydrogen (secondary N) is 1. The van der Waals surface area contributed by atoms with Crippen molar-refractivity contribution in [2.45, 2.75) is 137 Å². The Bertz CT molecular complexity index is 4670. The second-order valence-electron chi connectivity index (χ2n) is 26.0. The van der Waals surface area contributed by atoms with Crippen molar-refractivity contribution in [1.82, 2.24) is 19.0 Å². The van der Waals surface area contributed by atoms with Crippen LogP contribution in [0.2, 0.25) is 15.1 Å². The highest BCUT2D eigenvalue weighted by Crippen LogP contribution is 2.34. The lowest BCUT2D eigenvalue weighted by atomic mass is 10.1. The fraction of sp³-hybridized carbons (Fsp3) is 0.351. The van der Waals surface area contributed by atoms with E-state index in [-0.39, 0.29) is 62.2 Å². The maximum atomic E-state index is 14.2. The van der Waals surface area contributed by atoms with Crippen molar-refractivity contribution in [1.29, 1.82) is 0 Å². The van der Waals surface area contributed by atoms with Gasteiger partial charge in [-0.1, -0.05) is 88.8 Å². The maximum Gasteiger partial charge on any atom is 0.407 e. The molecule has 107 heavy (non-hydrogen) atoms. The van der Waals surface area contributed by atoms with E-state index in [0.29, 0.717) is 98.2 Å². The number of aromatic nitrogens is 3. The van der Waals surface area contributed by atoms with E-state index in [1.807, 2.05) is 62.5 Å². The molecule has 0 aliphatic heterocycles. The third-order valence-electron chi connectivity index (χ3n) is 16.3. The zero-order valence-electron chi connectivity index (χ0n) is 60.1. The number of aliphatic hydroxyl groups is 1. The number of rotatable bonds is 23. The lowest BCUT2D eigenvalue weighted by Crippen LogP contribution is -3.00. The minimum absolute atomic E-state index is 0. The molecule has 30 heteroatoms. The third-order valence-corrected chi connectivity index (χ3v) is 17.3. The average Bonchev–Trinajstić information content (AvgIpc) is 1.62. The summed E-state index contributed by atoms with van der Waals surface area (Å²) in [5, 5.41) is 14.6. The van der Waals surface area contributed by atoms with Crippen LogP contribution in [0.4, 0.5) is 39.9 Å². The largest absolute Gasteiger partial charge is 1.00 e. The van der Waals surface area contributed by atoms with Gasteiger partial charge >= 0.3 is 29.9 Å². The molecule has 9 rings (SSSR count). The summed E-state index contributed by atoms with van der Waals surface area (Å²) < 4.78 is 130. The second-order valence-corrected chi connectivity index (χ2v) is 27.6. The number of halogens is 12. The number of ether oxygens (including phenoxy) is 4. The highest BCUT2D eigenvalue weighted by molar-refractivity contribution is 7.78. The Morgan fingerprint density at radius 2 is 0.804 bits per heavy atom. The molecule has 0 fully saturated rings. The molecular weight excluding hydrogens is 1510 g/mol. The van der Waals surface area contributed by atoms with Crippen LogP contribution in [0.15, 0.2) is 127 Å². The summed E-state index contributed by atoms with van der Waals surface area (Å²) in [7, 11) is 0. The quantitative estimate of drug-likeness (QED) is 0.0234. The molecule has 9 aromatic rings. The van der Waals surface area contributed by atoms with Gasteiger partial charge in [0.15, 0.2) is 19.8 Å². The van der Waals surface area contributed by atoms with Gasteiger partial charge in [0.2, 0.25) is 0 Å². The molecule has 0 aliphatic rings. The number of hydrogen-bond acceptors (Lipinski definition) is 13. The predicted molar refractivity (Wildman–Crippen MR) is 394 cm³/mol. The lowest BCUT2D eigenvalue weighted by molar-refractivity contribution is -0.409. The van der Waals surface area contributed by atoms with Crippen molar-refractivity contribution >= 4 is 127 Å². The van der Waals surface area contributed by atoms with Gasteiger partial charge in [-0.25, -0.2) is 31.1 Å². The van der Waals surface area contributed by atoms with Crippen LogP contribution in [0.3, 0.4) is 0 Å². The molecule has 5 N–H and O–H groups in total. The normalized spacial score (nSPS) is 11.6. The number of amides is 1. The zero-order chi connectivity index (χ0) is 79.0. The van der Waals surface area contributed by atoms with Gasteiger partial charge in [-0.2, -0.15) is 8.78 Å². The number of thiocarbonyl (C=S) groups is 1. The number of fused-ring (bicyclic) bond motifs is 3. The summed E-state index contributed by atoms with van der Waals surface area (Å²) >= 11 is 22.4. The number of carbonyl (C=O) groups excluding carboxylic acids is 7. The topological polar surface area (TPSA) is 231 Å². The number of quaternary nitrogens is 1. The van der Waals surface area contributed by atoms with Crippen LogP contribution in [0.5, 0.6) is 0 Å². The van der Waals surface area contributed by atoms with E-state index in [4.69, 9.17) is 58.9 Å². The van der Waals surface area contributed by atoms with Gasteiger partial charge in [0.25, 0.3) is 35.5 Å². The summed E-state index contributed by atoms with van der Waals surface area (Å²) in [6.45, 7) is 10.9. The van der Waals surface area contributed by atoms with Crippen molar-refractivity contribution in [3.05, 3.63) is 210 Å². The Balaban J connectivity index is 0.000000275. The molecule has 0 radical (unpaired) electrons. The molecule has 0 unspecified atom stereocenters. The molecule has 6 aromatic carbocycles. The van der Waals surface area contributed by atoms with Crippen LogP contribution < -0.4 is 23.5 Å². The second kappa shape index (κ2) is 38.4. The van der Waals surface area contributed by atoms with Crippen LogP contribution in [0.1, 0.15) is 128 Å². The minimum Gasteiger partial charge on any atom is -1.00 e. The Kier molecular flexibility index (Phi) is 31.9. The fourth-order valence-corrected chi connectivity index (χ4v) is 11.1. The van der Waals surface area contributed by atoms with Gasteiger partial charge in [-0.05, 0) is 200 Å². The fourth-order valence-electron chi connectivity index (χ4n) is 10.6. The molecular formula is C77H81Cl4F8N5O12S. The van der Waals surface area contributed by atoms with Crippen LogP contribution in [0.25, 0.3) is 32.7 Å². The molecule has 3 aromatic heterocycles. The van der Waals surface area contributed by atoms with Gasteiger partial charge in [-0.15, -0.1) is 0 Å². The number of hydrogen-bond donors (Lipinski definition) is 3. The van der Waals surface area contributed by atoms with E-state index in [2.05, 4.69) is 18.0 Å². The first-order valence-corrected chi connectivity index (χ1v) is 34.7. The maximum absolute atomic E-state index is 14.2. The van der Waals surface area contributed by atoms with E-state index < -0.39 is 99.2 Å². The van der Waals surface area contributed by atoms with E-state index in [1.54, 1.807) is 133 Å². The Morgan fingerprint density at radius 3 is 1.07 bits per heavy atom. The van der Waals surface area contributed by atoms with Gasteiger partial charge in [0.1, 0.15) is 18.8 Å². The van der Waals surface area contributed by atoms with Crippen molar-refractivity contribution in [2.75, 3.05) is 39.5 Å². The number of esters is 3. The van der Waals surface area contributed by atoms with Crippen LogP contribution >= 0.6 is 47.0 Å². The first-order valence-electron chi connectivity index (χ1n) is 33.1. The number of alkyl carbamates (subject to hydrolysis) is 1. The molecule has 17 nitrogen and oxygen atoms in total. The molecule has 0 atom stereocenters. The predicted octanol–water partition coefficient (Wildman–Crippen LogP) is 13.5. The number of benzene rings is 6. The number of carbonyl (C=O) groups is 7. The van der Waals surface area contributed by atoms with Gasteiger partial charge < -0.3 is 47.5 Å². The molecule has 0 saturated heterocycles. The first-order chi connectivity index (χ1) is 49.5. The number of alkyl halides is 8. The monoisotopic (exact) mass is 1590 g/mol. The molecule has 1 amide bonds. The van der Waals surface area contributed by atoms with Crippen molar-refractivity contribution in [2.24, 2.45) is 0 Å². The van der Waals surface area contributed by atoms with Gasteiger partial charge in [-0.3, -0.25) is 42.5 Å². The van der Waals surface area contributed by atoms with Crippen LogP contribution in [-0.4, -0.2) is 135 Å². The molecule has 0 aliphatic carbocycles. The number of aryl methyl sites for hydroxylation is 3. The minimum atomic E-state index is -3.50. The van der Waals surface area contributed by atoms with E-state index in [0.717, 1.165) is 16.7 Å². The Hall–Kier alpha value is -8.76. The summed E-state index contributed by atoms with van der Waals surface area (Å²) in [4.78, 5) is 88.6. The zero-order valence-corrected chi connectivity index (χ0v) is 64.0. The van der Waals surface area contributed by atoms with Crippen molar-refractivity contribution in [3.8, 4) is 0 Å². The number of nitrogens with zero attached hydrogens (tertiary/aromatic N) is 3. The van der Waals surface area contributed by atoms with Crippen molar-refractivity contribution < 1.29 is 111 Å².